The number of anilines is 2. The first-order valence-electron chi connectivity index (χ1n) is 9.33. The maximum absolute atomic E-state index is 11.8. The number of rotatable bonds is 4. The number of aromatic nitrogens is 2. The lowest BCUT2D eigenvalue weighted by Gasteiger charge is -2.38. The normalized spacial score (nSPS) is 27.1. The van der Waals surface area contributed by atoms with Crippen LogP contribution in [0.4, 0.5) is 11.8 Å². The van der Waals surface area contributed by atoms with Gasteiger partial charge in [0.05, 0.1) is 24.7 Å². The number of nitrogens with zero attached hydrogens (tertiary/aromatic N) is 4. The molecule has 8 nitrogen and oxygen atoms in total. The summed E-state index contributed by atoms with van der Waals surface area (Å²) in [4.78, 5) is 13.4. The molecule has 0 bridgehead atoms. The van der Waals surface area contributed by atoms with Crippen molar-refractivity contribution in [3.8, 4) is 0 Å². The molecule has 0 aromatic carbocycles. The van der Waals surface area contributed by atoms with E-state index in [2.05, 4.69) is 9.88 Å². The lowest BCUT2D eigenvalue weighted by Crippen LogP contribution is -2.45. The van der Waals surface area contributed by atoms with Crippen LogP contribution in [0, 0.1) is 0 Å². The fourth-order valence-corrected chi connectivity index (χ4v) is 5.83. The fourth-order valence-electron chi connectivity index (χ4n) is 4.10. The highest BCUT2D eigenvalue weighted by atomic mass is 32.2. The summed E-state index contributed by atoms with van der Waals surface area (Å²) < 4.78 is 35.2. The van der Waals surface area contributed by atoms with E-state index in [1.165, 1.54) is 0 Å². The van der Waals surface area contributed by atoms with Crippen molar-refractivity contribution in [3.05, 3.63) is 12.3 Å². The zero-order valence-corrected chi connectivity index (χ0v) is 15.9. The van der Waals surface area contributed by atoms with Crippen molar-refractivity contribution >= 4 is 21.6 Å². The first-order chi connectivity index (χ1) is 12.5. The van der Waals surface area contributed by atoms with Gasteiger partial charge >= 0.3 is 0 Å². The lowest BCUT2D eigenvalue weighted by molar-refractivity contribution is -0.169. The molecule has 1 atom stereocenters. The molecule has 9 heteroatoms. The van der Waals surface area contributed by atoms with Gasteiger partial charge in [0.25, 0.3) is 0 Å². The van der Waals surface area contributed by atoms with Gasteiger partial charge in [-0.1, -0.05) is 0 Å². The second-order valence-corrected chi connectivity index (χ2v) is 9.38. The van der Waals surface area contributed by atoms with Crippen molar-refractivity contribution in [1.82, 2.24) is 9.97 Å². The Labute approximate surface area is 154 Å². The number of hydrogen-bond donors (Lipinski definition) is 0. The Kier molecular flexibility index (Phi) is 4.79. The maximum Gasteiger partial charge on any atom is 0.227 e. The summed E-state index contributed by atoms with van der Waals surface area (Å²) in [7, 11) is -2.94. The molecule has 1 spiro atoms. The highest BCUT2D eigenvalue weighted by molar-refractivity contribution is 7.91. The first kappa shape index (κ1) is 17.9. The number of ether oxygens (including phenoxy) is 2. The molecule has 4 heterocycles. The summed E-state index contributed by atoms with van der Waals surface area (Å²) in [5.74, 6) is 1.53. The van der Waals surface area contributed by atoms with E-state index in [0.29, 0.717) is 32.1 Å². The van der Waals surface area contributed by atoms with Crippen LogP contribution < -0.4 is 9.80 Å². The molecule has 3 aliphatic rings. The molecule has 3 saturated heterocycles. The number of piperidine rings is 1. The Hall–Kier alpha value is -1.45. The molecule has 1 aromatic rings. The summed E-state index contributed by atoms with van der Waals surface area (Å²) in [6, 6.07) is 1.88. The van der Waals surface area contributed by atoms with Crippen molar-refractivity contribution < 1.29 is 17.9 Å². The molecule has 1 aromatic heterocycles. The van der Waals surface area contributed by atoms with Crippen molar-refractivity contribution in [2.75, 3.05) is 54.2 Å². The predicted octanol–water partition coefficient (Wildman–Crippen LogP) is 0.833. The summed E-state index contributed by atoms with van der Waals surface area (Å²) in [5, 5.41) is 0. The Morgan fingerprint density at radius 1 is 1.31 bits per heavy atom. The summed E-state index contributed by atoms with van der Waals surface area (Å²) in [6.07, 6.45) is 4.05. The summed E-state index contributed by atoms with van der Waals surface area (Å²) >= 11 is 0. The highest BCUT2D eigenvalue weighted by Gasteiger charge is 2.40. The van der Waals surface area contributed by atoms with Crippen LogP contribution in [0.1, 0.15) is 26.2 Å². The van der Waals surface area contributed by atoms with Crippen LogP contribution >= 0.6 is 0 Å². The Morgan fingerprint density at radius 3 is 2.65 bits per heavy atom. The second kappa shape index (κ2) is 6.94. The van der Waals surface area contributed by atoms with E-state index in [-0.39, 0.29) is 17.5 Å². The van der Waals surface area contributed by atoms with Crippen molar-refractivity contribution in [1.29, 1.82) is 0 Å². The lowest BCUT2D eigenvalue weighted by atomic mass is 10.0. The van der Waals surface area contributed by atoms with Crippen molar-refractivity contribution in [2.24, 2.45) is 0 Å². The van der Waals surface area contributed by atoms with Gasteiger partial charge in [0.1, 0.15) is 5.82 Å². The van der Waals surface area contributed by atoms with Crippen LogP contribution in [-0.4, -0.2) is 74.6 Å². The highest BCUT2D eigenvalue weighted by Crippen LogP contribution is 2.33. The molecule has 0 radical (unpaired) electrons. The first-order valence-corrected chi connectivity index (χ1v) is 11.2. The molecule has 144 valence electrons. The van der Waals surface area contributed by atoms with Crippen LogP contribution in [0.15, 0.2) is 12.3 Å². The van der Waals surface area contributed by atoms with E-state index in [4.69, 9.17) is 14.5 Å². The van der Waals surface area contributed by atoms with E-state index in [1.807, 2.05) is 17.9 Å². The predicted molar refractivity (Wildman–Crippen MR) is 98.2 cm³/mol. The zero-order valence-electron chi connectivity index (χ0n) is 15.1. The topological polar surface area (TPSA) is 84.9 Å². The van der Waals surface area contributed by atoms with Crippen molar-refractivity contribution in [2.45, 2.75) is 38.0 Å². The van der Waals surface area contributed by atoms with E-state index in [1.54, 1.807) is 6.20 Å². The van der Waals surface area contributed by atoms with Gasteiger partial charge in [0, 0.05) is 44.7 Å². The van der Waals surface area contributed by atoms with Gasteiger partial charge in [-0.25, -0.2) is 13.4 Å². The SMILES string of the molecule is CCN(c1nccc(N2CCC3(CC2)OCCO3)n1)C1CCS(=O)(=O)C1. The Bertz CT molecular complexity index is 741. The maximum atomic E-state index is 11.8. The van der Waals surface area contributed by atoms with Crippen LogP contribution in [0.5, 0.6) is 0 Å². The Morgan fingerprint density at radius 2 is 2.04 bits per heavy atom. The molecule has 26 heavy (non-hydrogen) atoms. The monoisotopic (exact) mass is 382 g/mol. The van der Waals surface area contributed by atoms with Gasteiger partial charge in [0.15, 0.2) is 15.6 Å². The van der Waals surface area contributed by atoms with E-state index < -0.39 is 15.6 Å². The van der Waals surface area contributed by atoms with Crippen LogP contribution in [0.3, 0.4) is 0 Å². The summed E-state index contributed by atoms with van der Waals surface area (Å²) in [6.45, 7) is 5.69. The molecule has 3 aliphatic heterocycles. The third kappa shape index (κ3) is 3.52. The average Bonchev–Trinajstić information content (AvgIpc) is 3.23. The van der Waals surface area contributed by atoms with E-state index in [9.17, 15) is 8.42 Å². The number of hydrogen-bond acceptors (Lipinski definition) is 8. The van der Waals surface area contributed by atoms with Gasteiger partial charge in [-0.3, -0.25) is 0 Å². The average molecular weight is 382 g/mol. The molecule has 0 N–H and O–H groups in total. The minimum atomic E-state index is -2.94. The molecular weight excluding hydrogens is 356 g/mol. The van der Waals surface area contributed by atoms with Crippen LogP contribution in [0.2, 0.25) is 0 Å². The second-order valence-electron chi connectivity index (χ2n) is 7.15. The molecule has 3 fully saturated rings. The molecule has 4 rings (SSSR count). The van der Waals surface area contributed by atoms with E-state index >= 15 is 0 Å². The quantitative estimate of drug-likeness (QED) is 0.757. The van der Waals surface area contributed by atoms with Gasteiger partial charge < -0.3 is 19.3 Å². The standard InChI is InChI=1S/C17H26N4O4S/c1-2-21(14-4-12-26(22,23)13-14)16-18-7-3-15(19-16)20-8-5-17(6-9-20)24-10-11-25-17/h3,7,14H,2,4-6,8-13H2,1H3. The molecular formula is C17H26N4O4S. The zero-order chi connectivity index (χ0) is 18.2. The molecule has 0 aliphatic carbocycles. The van der Waals surface area contributed by atoms with Gasteiger partial charge in [0.2, 0.25) is 5.95 Å². The van der Waals surface area contributed by atoms with Crippen LogP contribution in [0.25, 0.3) is 0 Å². The van der Waals surface area contributed by atoms with E-state index in [0.717, 1.165) is 31.7 Å². The minimum absolute atomic E-state index is 0.0369. The largest absolute Gasteiger partial charge is 0.356 e. The molecule has 1 unspecified atom stereocenters. The fraction of sp³-hybridized carbons (Fsp3) is 0.765. The Balaban J connectivity index is 1.48. The van der Waals surface area contributed by atoms with Gasteiger partial charge in [-0.15, -0.1) is 0 Å². The molecule has 0 amide bonds. The minimum Gasteiger partial charge on any atom is -0.356 e. The molecule has 0 saturated carbocycles. The smallest absolute Gasteiger partial charge is 0.227 e. The van der Waals surface area contributed by atoms with Gasteiger partial charge in [-0.05, 0) is 19.4 Å². The third-order valence-corrected chi connectivity index (χ3v) is 7.29. The van der Waals surface area contributed by atoms with Crippen LogP contribution in [-0.2, 0) is 19.3 Å². The van der Waals surface area contributed by atoms with Gasteiger partial charge in [-0.2, -0.15) is 4.98 Å². The summed E-state index contributed by atoms with van der Waals surface area (Å²) in [5.41, 5.74) is 0. The number of sulfone groups is 1. The third-order valence-electron chi connectivity index (χ3n) is 5.54. The van der Waals surface area contributed by atoms with Crippen molar-refractivity contribution in [3.63, 3.8) is 0 Å².